The van der Waals surface area contributed by atoms with Crippen molar-refractivity contribution < 1.29 is 9.15 Å². The van der Waals surface area contributed by atoms with E-state index in [1.54, 1.807) is 0 Å². The molecule has 96 valence electrons. The molecule has 6 nitrogen and oxygen atoms in total. The van der Waals surface area contributed by atoms with Crippen molar-refractivity contribution in [2.45, 2.75) is 32.7 Å². The summed E-state index contributed by atoms with van der Waals surface area (Å²) in [6, 6.07) is 0.224. The standard InChI is InChI=1S/C11H20N4O2/c1-8(12)9-14-15-10(17-9)13-7-11(2)3-5-16-6-4-11/h8H,3-7,12H2,1-2H3,(H,13,15). The second-order valence-corrected chi connectivity index (χ2v) is 5.01. The Balaban J connectivity index is 1.88. The van der Waals surface area contributed by atoms with Crippen LogP contribution in [0.2, 0.25) is 0 Å². The largest absolute Gasteiger partial charge is 0.406 e. The van der Waals surface area contributed by atoms with E-state index in [-0.39, 0.29) is 11.5 Å². The number of hydrogen-bond acceptors (Lipinski definition) is 6. The second-order valence-electron chi connectivity index (χ2n) is 5.01. The maximum Gasteiger partial charge on any atom is 0.315 e. The molecule has 1 aromatic heterocycles. The molecular formula is C11H20N4O2. The molecule has 0 bridgehead atoms. The molecule has 1 saturated heterocycles. The van der Waals surface area contributed by atoms with Crippen molar-refractivity contribution in [3.05, 3.63) is 5.89 Å². The zero-order chi connectivity index (χ0) is 12.3. The molecule has 0 aromatic carbocycles. The third kappa shape index (κ3) is 3.17. The molecule has 1 aliphatic heterocycles. The number of rotatable bonds is 4. The predicted molar refractivity (Wildman–Crippen MR) is 63.6 cm³/mol. The Morgan fingerprint density at radius 3 is 2.71 bits per heavy atom. The van der Waals surface area contributed by atoms with E-state index in [2.05, 4.69) is 22.4 Å². The van der Waals surface area contributed by atoms with Crippen molar-refractivity contribution in [2.75, 3.05) is 25.1 Å². The van der Waals surface area contributed by atoms with E-state index in [0.717, 1.165) is 32.6 Å². The summed E-state index contributed by atoms with van der Waals surface area (Å²) in [5, 5.41) is 11.0. The Morgan fingerprint density at radius 1 is 1.41 bits per heavy atom. The molecule has 6 heteroatoms. The van der Waals surface area contributed by atoms with Crippen molar-refractivity contribution in [2.24, 2.45) is 11.1 Å². The molecule has 1 aromatic rings. The van der Waals surface area contributed by atoms with E-state index in [1.165, 1.54) is 0 Å². The van der Waals surface area contributed by atoms with Gasteiger partial charge in [-0.05, 0) is 25.2 Å². The first-order valence-electron chi connectivity index (χ1n) is 6.00. The quantitative estimate of drug-likeness (QED) is 0.825. The first-order valence-corrected chi connectivity index (χ1v) is 6.00. The normalized spacial score (nSPS) is 21.1. The van der Waals surface area contributed by atoms with Crippen molar-refractivity contribution in [1.82, 2.24) is 10.2 Å². The molecule has 0 spiro atoms. The average molecular weight is 240 g/mol. The van der Waals surface area contributed by atoms with Gasteiger partial charge in [0.1, 0.15) is 0 Å². The van der Waals surface area contributed by atoms with Gasteiger partial charge in [-0.1, -0.05) is 12.0 Å². The van der Waals surface area contributed by atoms with Gasteiger partial charge in [0.15, 0.2) is 0 Å². The fourth-order valence-corrected chi connectivity index (χ4v) is 1.82. The summed E-state index contributed by atoms with van der Waals surface area (Å²) in [7, 11) is 0. The van der Waals surface area contributed by atoms with E-state index in [1.807, 2.05) is 6.92 Å². The molecule has 0 saturated carbocycles. The molecular weight excluding hydrogens is 220 g/mol. The number of anilines is 1. The van der Waals surface area contributed by atoms with Gasteiger partial charge in [0.25, 0.3) is 0 Å². The van der Waals surface area contributed by atoms with Crippen LogP contribution in [0.15, 0.2) is 4.42 Å². The van der Waals surface area contributed by atoms with Gasteiger partial charge in [-0.2, -0.15) is 0 Å². The minimum atomic E-state index is -0.225. The van der Waals surface area contributed by atoms with Gasteiger partial charge >= 0.3 is 6.01 Å². The van der Waals surface area contributed by atoms with Crippen LogP contribution in [0, 0.1) is 5.41 Å². The summed E-state index contributed by atoms with van der Waals surface area (Å²) >= 11 is 0. The Labute approximate surface area is 101 Å². The van der Waals surface area contributed by atoms with Crippen molar-refractivity contribution in [3.63, 3.8) is 0 Å². The van der Waals surface area contributed by atoms with E-state index >= 15 is 0 Å². The van der Waals surface area contributed by atoms with Gasteiger partial charge in [-0.15, -0.1) is 5.10 Å². The Morgan fingerprint density at radius 2 is 2.12 bits per heavy atom. The van der Waals surface area contributed by atoms with Crippen LogP contribution in [-0.4, -0.2) is 30.0 Å². The van der Waals surface area contributed by atoms with Gasteiger partial charge in [-0.25, -0.2) is 0 Å². The van der Waals surface area contributed by atoms with Gasteiger partial charge in [0.05, 0.1) is 6.04 Å². The molecule has 1 fully saturated rings. The van der Waals surface area contributed by atoms with Gasteiger partial charge in [-0.3, -0.25) is 0 Å². The van der Waals surface area contributed by atoms with Crippen LogP contribution in [0.25, 0.3) is 0 Å². The molecule has 3 N–H and O–H groups in total. The van der Waals surface area contributed by atoms with Crippen LogP contribution in [0.4, 0.5) is 6.01 Å². The number of nitrogens with zero attached hydrogens (tertiary/aromatic N) is 2. The van der Waals surface area contributed by atoms with E-state index in [4.69, 9.17) is 14.9 Å². The summed E-state index contributed by atoms with van der Waals surface area (Å²) in [4.78, 5) is 0. The molecule has 2 heterocycles. The highest BCUT2D eigenvalue weighted by Crippen LogP contribution is 2.29. The topological polar surface area (TPSA) is 86.2 Å². The molecule has 0 aliphatic carbocycles. The lowest BCUT2D eigenvalue weighted by Gasteiger charge is -2.33. The third-order valence-corrected chi connectivity index (χ3v) is 3.20. The molecule has 0 radical (unpaired) electrons. The molecule has 0 amide bonds. The van der Waals surface area contributed by atoms with E-state index in [0.29, 0.717) is 11.9 Å². The maximum absolute atomic E-state index is 5.65. The zero-order valence-electron chi connectivity index (χ0n) is 10.4. The summed E-state index contributed by atoms with van der Waals surface area (Å²) < 4.78 is 10.7. The SMILES string of the molecule is CC(N)c1nnc(NCC2(C)CCOCC2)o1. The lowest BCUT2D eigenvalue weighted by molar-refractivity contribution is 0.0298. The number of aromatic nitrogens is 2. The number of nitrogens with one attached hydrogen (secondary N) is 1. The highest BCUT2D eigenvalue weighted by atomic mass is 16.5. The lowest BCUT2D eigenvalue weighted by atomic mass is 9.82. The Hall–Kier alpha value is -1.14. The van der Waals surface area contributed by atoms with Crippen molar-refractivity contribution in [1.29, 1.82) is 0 Å². The monoisotopic (exact) mass is 240 g/mol. The van der Waals surface area contributed by atoms with Crippen molar-refractivity contribution in [3.8, 4) is 0 Å². The maximum atomic E-state index is 5.65. The van der Waals surface area contributed by atoms with Crippen LogP contribution >= 0.6 is 0 Å². The Bertz CT molecular complexity index is 358. The average Bonchev–Trinajstić information content (AvgIpc) is 2.76. The smallest absolute Gasteiger partial charge is 0.315 e. The van der Waals surface area contributed by atoms with Crippen LogP contribution in [0.5, 0.6) is 0 Å². The fourth-order valence-electron chi connectivity index (χ4n) is 1.82. The van der Waals surface area contributed by atoms with E-state index < -0.39 is 0 Å². The van der Waals surface area contributed by atoms with E-state index in [9.17, 15) is 0 Å². The highest BCUT2D eigenvalue weighted by Gasteiger charge is 2.27. The summed E-state index contributed by atoms with van der Waals surface area (Å²) in [5.41, 5.74) is 5.89. The van der Waals surface area contributed by atoms with Crippen molar-refractivity contribution >= 4 is 6.01 Å². The zero-order valence-corrected chi connectivity index (χ0v) is 10.4. The molecule has 1 unspecified atom stereocenters. The van der Waals surface area contributed by atoms with Crippen LogP contribution in [0.1, 0.15) is 38.6 Å². The molecule has 17 heavy (non-hydrogen) atoms. The van der Waals surface area contributed by atoms with Gasteiger partial charge < -0.3 is 20.2 Å². The lowest BCUT2D eigenvalue weighted by Crippen LogP contribution is -2.33. The fraction of sp³-hybridized carbons (Fsp3) is 0.818. The number of nitrogens with two attached hydrogens (primary N) is 1. The number of ether oxygens (including phenoxy) is 1. The summed E-state index contributed by atoms with van der Waals surface area (Å²) in [6.45, 7) is 6.53. The summed E-state index contributed by atoms with van der Waals surface area (Å²) in [5.74, 6) is 0.463. The highest BCUT2D eigenvalue weighted by molar-refractivity contribution is 5.18. The van der Waals surface area contributed by atoms with Crippen LogP contribution in [-0.2, 0) is 4.74 Å². The first kappa shape index (κ1) is 12.3. The first-order chi connectivity index (χ1) is 8.09. The van der Waals surface area contributed by atoms with Crippen LogP contribution < -0.4 is 11.1 Å². The second kappa shape index (κ2) is 5.01. The predicted octanol–water partition coefficient (Wildman–Crippen LogP) is 1.32. The van der Waals surface area contributed by atoms with Gasteiger partial charge in [0, 0.05) is 19.8 Å². The molecule has 1 atom stereocenters. The summed E-state index contributed by atoms with van der Waals surface area (Å²) in [6.07, 6.45) is 2.10. The molecule has 1 aliphatic rings. The minimum Gasteiger partial charge on any atom is -0.406 e. The van der Waals surface area contributed by atoms with Crippen LogP contribution in [0.3, 0.4) is 0 Å². The minimum absolute atomic E-state index is 0.225. The number of hydrogen-bond donors (Lipinski definition) is 2. The molecule has 2 rings (SSSR count). The Kier molecular flexibility index (Phi) is 3.63. The third-order valence-electron chi connectivity index (χ3n) is 3.20. The van der Waals surface area contributed by atoms with Gasteiger partial charge in [0.2, 0.25) is 5.89 Å².